The highest BCUT2D eigenvalue weighted by atomic mass is 32.2. The average Bonchev–Trinajstić information content (AvgIpc) is 2.93. The zero-order valence-corrected chi connectivity index (χ0v) is 12.3. The van der Waals surface area contributed by atoms with Crippen LogP contribution in [0.4, 0.5) is 4.39 Å². The Kier molecular flexibility index (Phi) is 3.97. The number of hydrogen-bond acceptors (Lipinski definition) is 2. The molecular weight excluding hydrogens is 287 g/mol. The lowest BCUT2D eigenvalue weighted by Gasteiger charge is -2.06. The first-order chi connectivity index (χ1) is 10.1. The van der Waals surface area contributed by atoms with Gasteiger partial charge in [0, 0.05) is 10.6 Å². The van der Waals surface area contributed by atoms with E-state index in [2.05, 4.69) is 18.2 Å². The van der Waals surface area contributed by atoms with Gasteiger partial charge in [0.1, 0.15) is 5.82 Å². The van der Waals surface area contributed by atoms with Crippen LogP contribution >= 0.6 is 11.8 Å². The van der Waals surface area contributed by atoms with Crippen molar-refractivity contribution >= 4 is 17.7 Å². The van der Waals surface area contributed by atoms with Crippen LogP contribution in [-0.4, -0.2) is 11.1 Å². The number of aromatic carboxylic acids is 1. The maximum Gasteiger partial charge on any atom is 0.335 e. The summed E-state index contributed by atoms with van der Waals surface area (Å²) in [6.45, 7) is 0. The highest BCUT2D eigenvalue weighted by molar-refractivity contribution is 7.98. The summed E-state index contributed by atoms with van der Waals surface area (Å²) >= 11 is 1.58. The number of benzene rings is 2. The second-order valence-corrected chi connectivity index (χ2v) is 6.23. The number of aryl methyl sites for hydroxylation is 2. The maximum atomic E-state index is 13.9. The Hall–Kier alpha value is -1.81. The van der Waals surface area contributed by atoms with E-state index in [4.69, 9.17) is 5.11 Å². The Balaban J connectivity index is 1.71. The summed E-state index contributed by atoms with van der Waals surface area (Å²) in [5.74, 6) is -1.06. The minimum Gasteiger partial charge on any atom is -0.478 e. The molecule has 0 aromatic heterocycles. The molecule has 2 aromatic rings. The monoisotopic (exact) mass is 302 g/mol. The van der Waals surface area contributed by atoms with E-state index in [-0.39, 0.29) is 5.56 Å². The van der Waals surface area contributed by atoms with Crippen LogP contribution in [0.3, 0.4) is 0 Å². The van der Waals surface area contributed by atoms with E-state index in [0.717, 1.165) is 23.8 Å². The second kappa shape index (κ2) is 5.90. The van der Waals surface area contributed by atoms with Crippen molar-refractivity contribution in [3.63, 3.8) is 0 Å². The normalized spacial score (nSPS) is 13.2. The zero-order chi connectivity index (χ0) is 14.8. The standard InChI is InChI=1S/C17H15FO2S/c18-16-9-13(17(19)20)4-5-14(16)10-21-15-7-6-11-2-1-3-12(11)8-15/h4-9H,1-3,10H2,(H,19,20). The number of hydrogen-bond donors (Lipinski definition) is 1. The first-order valence-electron chi connectivity index (χ1n) is 6.90. The van der Waals surface area contributed by atoms with Gasteiger partial charge >= 0.3 is 5.97 Å². The van der Waals surface area contributed by atoms with Crippen LogP contribution < -0.4 is 0 Å². The molecule has 21 heavy (non-hydrogen) atoms. The van der Waals surface area contributed by atoms with Crippen LogP contribution in [-0.2, 0) is 18.6 Å². The molecule has 1 aliphatic carbocycles. The van der Waals surface area contributed by atoms with Gasteiger partial charge in [-0.25, -0.2) is 9.18 Å². The van der Waals surface area contributed by atoms with Crippen LogP contribution in [0.1, 0.15) is 33.5 Å². The largest absolute Gasteiger partial charge is 0.478 e. The first-order valence-corrected chi connectivity index (χ1v) is 7.88. The predicted octanol–water partition coefficient (Wildman–Crippen LogP) is 4.30. The molecule has 0 saturated carbocycles. The number of rotatable bonds is 4. The molecule has 0 aliphatic heterocycles. The lowest BCUT2D eigenvalue weighted by atomic mass is 10.1. The molecule has 0 bridgehead atoms. The van der Waals surface area contributed by atoms with Crippen LogP contribution in [0.2, 0.25) is 0 Å². The third kappa shape index (κ3) is 3.10. The molecule has 0 unspecified atom stereocenters. The van der Waals surface area contributed by atoms with Crippen LogP contribution in [0, 0.1) is 5.82 Å². The molecule has 0 heterocycles. The minimum atomic E-state index is -1.10. The predicted molar refractivity (Wildman–Crippen MR) is 81.4 cm³/mol. The summed E-state index contributed by atoms with van der Waals surface area (Å²) in [5.41, 5.74) is 3.35. The summed E-state index contributed by atoms with van der Waals surface area (Å²) in [7, 11) is 0. The van der Waals surface area contributed by atoms with Crippen molar-refractivity contribution in [2.75, 3.05) is 0 Å². The molecular formula is C17H15FO2S. The number of carboxylic acids is 1. The third-order valence-corrected chi connectivity index (χ3v) is 4.81. The Morgan fingerprint density at radius 2 is 1.95 bits per heavy atom. The quantitative estimate of drug-likeness (QED) is 0.855. The van der Waals surface area contributed by atoms with Crippen molar-refractivity contribution in [3.8, 4) is 0 Å². The van der Waals surface area contributed by atoms with E-state index in [0.29, 0.717) is 11.3 Å². The molecule has 2 aromatic carbocycles. The number of carbonyl (C=O) groups is 1. The van der Waals surface area contributed by atoms with Crippen molar-refractivity contribution < 1.29 is 14.3 Å². The van der Waals surface area contributed by atoms with Crippen LogP contribution in [0.15, 0.2) is 41.3 Å². The fraction of sp³-hybridized carbons (Fsp3) is 0.235. The third-order valence-electron chi connectivity index (χ3n) is 3.76. The average molecular weight is 302 g/mol. The summed E-state index contributed by atoms with van der Waals surface area (Å²) in [6, 6.07) is 10.5. The van der Waals surface area contributed by atoms with Gasteiger partial charge in [0.2, 0.25) is 0 Å². The molecule has 0 saturated heterocycles. The maximum absolute atomic E-state index is 13.9. The molecule has 4 heteroatoms. The number of thioether (sulfide) groups is 1. The van der Waals surface area contributed by atoms with Gasteiger partial charge in [-0.1, -0.05) is 12.1 Å². The molecule has 2 nitrogen and oxygen atoms in total. The highest BCUT2D eigenvalue weighted by Gasteiger charge is 2.12. The fourth-order valence-corrected chi connectivity index (χ4v) is 3.54. The van der Waals surface area contributed by atoms with Gasteiger partial charge in [0.25, 0.3) is 0 Å². The number of halogens is 1. The Labute approximate surface area is 127 Å². The van der Waals surface area contributed by atoms with Gasteiger partial charge in [0.15, 0.2) is 0 Å². The van der Waals surface area contributed by atoms with Crippen molar-refractivity contribution in [2.24, 2.45) is 0 Å². The van der Waals surface area contributed by atoms with Crippen molar-refractivity contribution in [2.45, 2.75) is 29.9 Å². The van der Waals surface area contributed by atoms with Gasteiger partial charge in [0.05, 0.1) is 5.56 Å². The smallest absolute Gasteiger partial charge is 0.335 e. The topological polar surface area (TPSA) is 37.3 Å². The van der Waals surface area contributed by atoms with Crippen LogP contribution in [0.5, 0.6) is 0 Å². The molecule has 1 N–H and O–H groups in total. The highest BCUT2D eigenvalue weighted by Crippen LogP contribution is 2.30. The Morgan fingerprint density at radius 3 is 2.71 bits per heavy atom. The van der Waals surface area contributed by atoms with Crippen molar-refractivity contribution in [1.29, 1.82) is 0 Å². The Bertz CT molecular complexity index is 697. The van der Waals surface area contributed by atoms with Crippen molar-refractivity contribution in [3.05, 3.63) is 64.5 Å². The van der Waals surface area contributed by atoms with E-state index < -0.39 is 11.8 Å². The summed E-state index contributed by atoms with van der Waals surface area (Å²) in [4.78, 5) is 11.9. The molecule has 0 atom stereocenters. The lowest BCUT2D eigenvalue weighted by molar-refractivity contribution is 0.0696. The fourth-order valence-electron chi connectivity index (χ4n) is 2.60. The number of fused-ring (bicyclic) bond motifs is 1. The van der Waals surface area contributed by atoms with E-state index in [9.17, 15) is 9.18 Å². The Morgan fingerprint density at radius 1 is 1.14 bits per heavy atom. The number of carboxylic acid groups (broad SMARTS) is 1. The first kappa shape index (κ1) is 14.1. The minimum absolute atomic E-state index is 0.0150. The van der Waals surface area contributed by atoms with E-state index in [1.54, 1.807) is 17.8 Å². The van der Waals surface area contributed by atoms with Gasteiger partial charge in [-0.2, -0.15) is 0 Å². The van der Waals surface area contributed by atoms with Gasteiger partial charge in [-0.3, -0.25) is 0 Å². The zero-order valence-electron chi connectivity index (χ0n) is 11.4. The van der Waals surface area contributed by atoms with Crippen LogP contribution in [0.25, 0.3) is 0 Å². The summed E-state index contributed by atoms with van der Waals surface area (Å²) < 4.78 is 13.9. The molecule has 0 amide bonds. The van der Waals surface area contributed by atoms with Gasteiger partial charge in [-0.05, 0) is 60.2 Å². The lowest BCUT2D eigenvalue weighted by Crippen LogP contribution is -1.98. The molecule has 3 rings (SSSR count). The molecule has 108 valence electrons. The summed E-state index contributed by atoms with van der Waals surface area (Å²) in [6.07, 6.45) is 3.51. The van der Waals surface area contributed by atoms with E-state index >= 15 is 0 Å². The van der Waals surface area contributed by atoms with Gasteiger partial charge < -0.3 is 5.11 Å². The SMILES string of the molecule is O=C(O)c1ccc(CSc2ccc3c(c2)CCC3)c(F)c1. The van der Waals surface area contributed by atoms with Gasteiger partial charge in [-0.15, -0.1) is 11.8 Å². The summed E-state index contributed by atoms with van der Waals surface area (Å²) in [5, 5.41) is 8.83. The van der Waals surface area contributed by atoms with E-state index in [1.807, 2.05) is 0 Å². The molecule has 0 radical (unpaired) electrons. The second-order valence-electron chi connectivity index (χ2n) is 5.18. The molecule has 0 spiro atoms. The molecule has 1 aliphatic rings. The molecule has 0 fully saturated rings. The van der Waals surface area contributed by atoms with Crippen molar-refractivity contribution in [1.82, 2.24) is 0 Å². The van der Waals surface area contributed by atoms with E-state index in [1.165, 1.54) is 23.6 Å².